The number of aromatic nitrogens is 2. The summed E-state index contributed by atoms with van der Waals surface area (Å²) in [6.07, 6.45) is 0.943. The van der Waals surface area contributed by atoms with Gasteiger partial charge in [0.2, 0.25) is 5.52 Å². The molecule has 96 valence electrons. The van der Waals surface area contributed by atoms with Crippen LogP contribution in [0.1, 0.15) is 6.42 Å². The third-order valence-electron chi connectivity index (χ3n) is 2.52. The van der Waals surface area contributed by atoms with Gasteiger partial charge in [0.15, 0.2) is 5.52 Å². The summed E-state index contributed by atoms with van der Waals surface area (Å²) < 4.78 is 4.59. The van der Waals surface area contributed by atoms with Gasteiger partial charge in [-0.3, -0.25) is 0 Å². The minimum absolute atomic E-state index is 0.00650. The first-order valence-corrected chi connectivity index (χ1v) is 5.54. The van der Waals surface area contributed by atoms with Crippen molar-refractivity contribution in [3.63, 3.8) is 0 Å². The van der Waals surface area contributed by atoms with Crippen molar-refractivity contribution in [3.05, 3.63) is 17.0 Å². The van der Waals surface area contributed by atoms with E-state index in [0.29, 0.717) is 11.2 Å². The van der Waals surface area contributed by atoms with Gasteiger partial charge in [-0.25, -0.2) is 9.84 Å². The van der Waals surface area contributed by atoms with Crippen LogP contribution in [0.3, 0.4) is 0 Å². The molecule has 3 N–H and O–H groups in total. The van der Waals surface area contributed by atoms with Crippen molar-refractivity contribution in [3.8, 4) is 0 Å². The Hall–Kier alpha value is -2.22. The third-order valence-corrected chi connectivity index (χ3v) is 2.52. The van der Waals surface area contributed by atoms with Gasteiger partial charge in [0.25, 0.3) is 4.92 Å². The molecule has 2 rings (SSSR count). The minimum atomic E-state index is -0.253. The maximum atomic E-state index is 10.9. The fourth-order valence-electron chi connectivity index (χ4n) is 1.64. The minimum Gasteiger partial charge on any atom is -0.383 e. The van der Waals surface area contributed by atoms with E-state index in [4.69, 9.17) is 5.21 Å². The summed E-state index contributed by atoms with van der Waals surface area (Å²) in [7, 11) is 1.89. The predicted molar refractivity (Wildman–Crippen MR) is 63.9 cm³/mol. The molecule has 0 atom stereocenters. The SMILES string of the molecule is CNCCCNc1ccc([N+](=O)O)c2nonc12. The topological polar surface area (TPSA) is 103 Å². The van der Waals surface area contributed by atoms with Crippen LogP contribution in [0.15, 0.2) is 16.8 Å². The molecule has 0 spiro atoms. The molecule has 0 radical (unpaired) electrons. The number of hydrogen-bond donors (Lipinski definition) is 3. The van der Waals surface area contributed by atoms with Gasteiger partial charge in [-0.15, -0.1) is 0 Å². The molecule has 0 saturated carbocycles. The standard InChI is InChI=1S/C10H14N5O3/c1-11-5-2-6-12-7-3-4-8(15(16)17)10-9(7)13-18-14-10/h3-4,11-12H,2,5-6H2,1H3,(H,16,17)/q+1. The molecular formula is C10H14N5O3+. The van der Waals surface area contributed by atoms with Gasteiger partial charge in [-0.05, 0) is 36.4 Å². The van der Waals surface area contributed by atoms with Crippen LogP contribution in [0.4, 0.5) is 11.4 Å². The Labute approximate surface area is 102 Å². The van der Waals surface area contributed by atoms with Crippen molar-refractivity contribution in [1.29, 1.82) is 0 Å². The lowest BCUT2D eigenvalue weighted by atomic mass is 10.2. The van der Waals surface area contributed by atoms with Gasteiger partial charge < -0.3 is 10.6 Å². The van der Waals surface area contributed by atoms with Crippen molar-refractivity contribution < 1.29 is 14.8 Å². The smallest absolute Gasteiger partial charge is 0.347 e. The normalized spacial score (nSPS) is 10.7. The summed E-state index contributed by atoms with van der Waals surface area (Å²) in [4.78, 5) is 10.6. The van der Waals surface area contributed by atoms with Gasteiger partial charge in [0.05, 0.1) is 10.6 Å². The molecule has 0 amide bonds. The van der Waals surface area contributed by atoms with Crippen molar-refractivity contribution in [2.45, 2.75) is 6.42 Å². The zero-order valence-corrected chi connectivity index (χ0v) is 9.88. The second-order valence-corrected chi connectivity index (χ2v) is 3.75. The van der Waals surface area contributed by atoms with E-state index in [1.807, 2.05) is 7.05 Å². The third kappa shape index (κ3) is 2.38. The number of anilines is 1. The highest BCUT2D eigenvalue weighted by Gasteiger charge is 2.22. The van der Waals surface area contributed by atoms with Gasteiger partial charge >= 0.3 is 5.69 Å². The predicted octanol–water partition coefficient (Wildman–Crippen LogP) is 1.04. The lowest BCUT2D eigenvalue weighted by Gasteiger charge is -2.05. The van der Waals surface area contributed by atoms with Crippen molar-refractivity contribution in [2.24, 2.45) is 0 Å². The first kappa shape index (κ1) is 12.2. The van der Waals surface area contributed by atoms with E-state index >= 15 is 0 Å². The number of benzene rings is 1. The second-order valence-electron chi connectivity index (χ2n) is 3.75. The van der Waals surface area contributed by atoms with E-state index in [2.05, 4.69) is 25.6 Å². The molecule has 0 unspecified atom stereocenters. The molecule has 0 aliphatic rings. The Bertz CT molecular complexity index is 553. The van der Waals surface area contributed by atoms with E-state index in [0.717, 1.165) is 19.5 Å². The number of nitrogens with one attached hydrogen (secondary N) is 2. The van der Waals surface area contributed by atoms with Gasteiger partial charge in [0.1, 0.15) is 0 Å². The molecule has 0 saturated heterocycles. The van der Waals surface area contributed by atoms with Crippen molar-refractivity contribution in [2.75, 3.05) is 25.5 Å². The Morgan fingerprint density at radius 1 is 1.33 bits per heavy atom. The highest BCUT2D eigenvalue weighted by Crippen LogP contribution is 2.28. The zero-order chi connectivity index (χ0) is 13.0. The number of fused-ring (bicyclic) bond motifs is 1. The molecule has 1 aromatic heterocycles. The first-order valence-electron chi connectivity index (χ1n) is 5.54. The summed E-state index contributed by atoms with van der Waals surface area (Å²) in [6.45, 7) is 1.65. The van der Waals surface area contributed by atoms with Crippen LogP contribution >= 0.6 is 0 Å². The van der Waals surface area contributed by atoms with E-state index in [1.165, 1.54) is 6.07 Å². The van der Waals surface area contributed by atoms with Crippen LogP contribution in [0, 0.1) is 4.91 Å². The maximum absolute atomic E-state index is 10.9. The van der Waals surface area contributed by atoms with E-state index in [-0.39, 0.29) is 16.1 Å². The molecule has 0 aliphatic carbocycles. The molecule has 8 nitrogen and oxygen atoms in total. The number of rotatable bonds is 6. The zero-order valence-electron chi connectivity index (χ0n) is 9.88. The maximum Gasteiger partial charge on any atom is 0.347 e. The van der Waals surface area contributed by atoms with Crippen LogP contribution in [-0.4, -0.2) is 40.6 Å². The van der Waals surface area contributed by atoms with Crippen LogP contribution in [-0.2, 0) is 0 Å². The monoisotopic (exact) mass is 252 g/mol. The summed E-state index contributed by atoms with van der Waals surface area (Å²) in [5, 5.41) is 22.5. The highest BCUT2D eigenvalue weighted by molar-refractivity contribution is 5.93. The fraction of sp³-hybridized carbons (Fsp3) is 0.400. The molecule has 0 fully saturated rings. The average molecular weight is 252 g/mol. The lowest BCUT2D eigenvalue weighted by Crippen LogP contribution is -2.13. The fourth-order valence-corrected chi connectivity index (χ4v) is 1.64. The van der Waals surface area contributed by atoms with E-state index in [9.17, 15) is 4.91 Å². The lowest BCUT2D eigenvalue weighted by molar-refractivity contribution is -0.728. The Balaban J connectivity index is 2.22. The van der Waals surface area contributed by atoms with E-state index in [1.54, 1.807) is 6.07 Å². The van der Waals surface area contributed by atoms with E-state index < -0.39 is 0 Å². The van der Waals surface area contributed by atoms with Crippen LogP contribution in [0.25, 0.3) is 11.0 Å². The molecule has 2 aromatic rings. The number of nitrogens with zero attached hydrogens (tertiary/aromatic N) is 3. The Morgan fingerprint density at radius 2 is 2.11 bits per heavy atom. The molecule has 0 bridgehead atoms. The average Bonchev–Trinajstić information content (AvgIpc) is 2.83. The van der Waals surface area contributed by atoms with Gasteiger partial charge in [-0.2, -0.15) is 0 Å². The molecular weight excluding hydrogens is 238 g/mol. The van der Waals surface area contributed by atoms with Crippen molar-refractivity contribution >= 4 is 22.4 Å². The molecule has 0 aliphatic heterocycles. The number of hydrogen-bond acceptors (Lipinski definition) is 6. The quantitative estimate of drug-likeness (QED) is 0.521. The van der Waals surface area contributed by atoms with Crippen LogP contribution in [0.5, 0.6) is 0 Å². The first-order chi connectivity index (χ1) is 8.74. The Kier molecular flexibility index (Phi) is 3.68. The highest BCUT2D eigenvalue weighted by atomic mass is 16.6. The van der Waals surface area contributed by atoms with Gasteiger partial charge in [0, 0.05) is 12.6 Å². The van der Waals surface area contributed by atoms with Gasteiger partial charge in [-0.1, -0.05) is 0 Å². The summed E-state index contributed by atoms with van der Waals surface area (Å²) in [5.41, 5.74) is 1.37. The van der Waals surface area contributed by atoms with Crippen LogP contribution < -0.4 is 10.6 Å². The molecule has 8 heteroatoms. The summed E-state index contributed by atoms with van der Waals surface area (Å²) >= 11 is 0. The molecule has 18 heavy (non-hydrogen) atoms. The Morgan fingerprint density at radius 3 is 2.83 bits per heavy atom. The molecule has 1 heterocycles. The largest absolute Gasteiger partial charge is 0.383 e. The van der Waals surface area contributed by atoms with Crippen molar-refractivity contribution in [1.82, 2.24) is 15.6 Å². The van der Waals surface area contributed by atoms with Crippen LogP contribution in [0.2, 0.25) is 0 Å². The second kappa shape index (κ2) is 5.41. The summed E-state index contributed by atoms with van der Waals surface area (Å²) in [6, 6.07) is 3.11. The summed E-state index contributed by atoms with van der Waals surface area (Å²) in [5.74, 6) is 0. The molecule has 1 aromatic carbocycles.